The van der Waals surface area contributed by atoms with Crippen LogP contribution in [0.5, 0.6) is 5.88 Å². The Morgan fingerprint density at radius 2 is 1.61 bits per heavy atom. The third kappa shape index (κ3) is 8.24. The standard InChI is InChI=1S/C33H44N6O7/c1-2-3-19-45-33(44)38-17-15-37(16-18-38)29(41)21-34-32(43)27-20-30(39(36-27)24-11-5-4-6-12-24)46-22-28(40)25-13-8-14-26(25)31(42)35-23-9-7-10-23/h4-6,11-12,20,23,25-26H,2-3,7-10,13-19,21-22H2,1H3,(H,34,43)(H,35,42)/t25?,26-/m1/s1. The first-order chi connectivity index (χ1) is 22.3. The number of benzene rings is 1. The van der Waals surface area contributed by atoms with Crippen LogP contribution in [-0.2, 0) is 19.1 Å². The van der Waals surface area contributed by atoms with Crippen molar-refractivity contribution in [1.82, 2.24) is 30.2 Å². The van der Waals surface area contributed by atoms with Gasteiger partial charge in [-0.1, -0.05) is 38.0 Å². The maximum absolute atomic E-state index is 13.3. The van der Waals surface area contributed by atoms with Gasteiger partial charge in [0.1, 0.15) is 6.61 Å². The SMILES string of the molecule is CCCCOC(=O)N1CCN(C(=O)CNC(=O)c2cc(OCC(=O)C3CCC[C@H]3C(=O)NC3CCC3)n(-c3ccccc3)n2)CC1. The number of nitrogens with one attached hydrogen (secondary N) is 2. The monoisotopic (exact) mass is 636 g/mol. The molecular weight excluding hydrogens is 592 g/mol. The second kappa shape index (κ2) is 15.7. The predicted octanol–water partition coefficient (Wildman–Crippen LogP) is 2.72. The average molecular weight is 637 g/mol. The van der Waals surface area contributed by atoms with Crippen LogP contribution in [0.15, 0.2) is 36.4 Å². The van der Waals surface area contributed by atoms with Crippen molar-refractivity contribution in [3.63, 3.8) is 0 Å². The Balaban J connectivity index is 1.16. The van der Waals surface area contributed by atoms with Gasteiger partial charge in [-0.15, -0.1) is 0 Å². The molecule has 1 unspecified atom stereocenters. The molecule has 0 radical (unpaired) electrons. The fourth-order valence-electron chi connectivity index (χ4n) is 6.00. The van der Waals surface area contributed by atoms with Crippen LogP contribution < -0.4 is 15.4 Å². The molecule has 46 heavy (non-hydrogen) atoms. The molecule has 2 heterocycles. The minimum Gasteiger partial charge on any atom is -0.470 e. The Kier molecular flexibility index (Phi) is 11.3. The zero-order valence-corrected chi connectivity index (χ0v) is 26.4. The summed E-state index contributed by atoms with van der Waals surface area (Å²) in [6.45, 7) is 3.31. The number of rotatable bonds is 13. The third-order valence-electron chi connectivity index (χ3n) is 9.00. The highest BCUT2D eigenvalue weighted by atomic mass is 16.6. The van der Waals surface area contributed by atoms with E-state index in [-0.39, 0.29) is 60.4 Å². The van der Waals surface area contributed by atoms with Gasteiger partial charge in [0.25, 0.3) is 5.91 Å². The second-order valence-electron chi connectivity index (χ2n) is 12.2. The fraction of sp³-hybridized carbons (Fsp3) is 0.576. The van der Waals surface area contributed by atoms with Gasteiger partial charge in [0.15, 0.2) is 11.5 Å². The Morgan fingerprint density at radius 1 is 0.913 bits per heavy atom. The van der Waals surface area contributed by atoms with Crippen molar-refractivity contribution in [2.24, 2.45) is 11.8 Å². The van der Waals surface area contributed by atoms with Gasteiger partial charge >= 0.3 is 6.09 Å². The minimum atomic E-state index is -0.569. The lowest BCUT2D eigenvalue weighted by molar-refractivity contribution is -0.134. The summed E-state index contributed by atoms with van der Waals surface area (Å²) >= 11 is 0. The first-order valence-corrected chi connectivity index (χ1v) is 16.4. The van der Waals surface area contributed by atoms with Crippen molar-refractivity contribution in [2.75, 3.05) is 45.9 Å². The number of aromatic nitrogens is 2. The Bertz CT molecular complexity index is 1380. The molecule has 2 atom stereocenters. The maximum Gasteiger partial charge on any atom is 0.409 e. The molecule has 13 nitrogen and oxygen atoms in total. The van der Waals surface area contributed by atoms with Crippen LogP contribution in [0.3, 0.4) is 0 Å². The van der Waals surface area contributed by atoms with E-state index in [4.69, 9.17) is 9.47 Å². The number of hydrogen-bond donors (Lipinski definition) is 2. The van der Waals surface area contributed by atoms with Gasteiger partial charge in [-0.2, -0.15) is 5.10 Å². The van der Waals surface area contributed by atoms with Crippen molar-refractivity contribution in [3.05, 3.63) is 42.1 Å². The first-order valence-electron chi connectivity index (χ1n) is 16.4. The van der Waals surface area contributed by atoms with Crippen LogP contribution >= 0.6 is 0 Å². The zero-order chi connectivity index (χ0) is 32.5. The highest BCUT2D eigenvalue weighted by Crippen LogP contribution is 2.34. The smallest absolute Gasteiger partial charge is 0.409 e. The van der Waals surface area contributed by atoms with Crippen molar-refractivity contribution in [3.8, 4) is 11.6 Å². The van der Waals surface area contributed by atoms with Crippen LogP contribution in [-0.4, -0.2) is 101 Å². The molecule has 248 valence electrons. The molecule has 1 aliphatic heterocycles. The summed E-state index contributed by atoms with van der Waals surface area (Å²) in [4.78, 5) is 67.4. The molecule has 2 N–H and O–H groups in total. The van der Waals surface area contributed by atoms with Crippen molar-refractivity contribution in [1.29, 1.82) is 0 Å². The number of piperazine rings is 1. The summed E-state index contributed by atoms with van der Waals surface area (Å²) in [5, 5.41) is 10.1. The molecule has 2 saturated carbocycles. The summed E-state index contributed by atoms with van der Waals surface area (Å²) < 4.78 is 12.6. The molecule has 13 heteroatoms. The lowest BCUT2D eigenvalue weighted by Gasteiger charge is -2.34. The number of ketones is 1. The largest absolute Gasteiger partial charge is 0.470 e. The predicted molar refractivity (Wildman–Crippen MR) is 167 cm³/mol. The fourth-order valence-corrected chi connectivity index (χ4v) is 6.00. The molecule has 2 aliphatic carbocycles. The third-order valence-corrected chi connectivity index (χ3v) is 9.00. The number of unbranched alkanes of at least 4 members (excludes halogenated alkanes) is 1. The second-order valence-corrected chi connectivity index (χ2v) is 12.2. The van der Waals surface area contributed by atoms with E-state index in [1.807, 2.05) is 25.1 Å². The molecule has 4 amide bonds. The Morgan fingerprint density at radius 3 is 2.30 bits per heavy atom. The van der Waals surface area contributed by atoms with Gasteiger partial charge in [0.2, 0.25) is 17.7 Å². The topological polar surface area (TPSA) is 152 Å². The zero-order valence-electron chi connectivity index (χ0n) is 26.4. The van der Waals surface area contributed by atoms with E-state index in [0.29, 0.717) is 51.3 Å². The summed E-state index contributed by atoms with van der Waals surface area (Å²) in [6, 6.07) is 10.7. The van der Waals surface area contributed by atoms with E-state index in [2.05, 4.69) is 15.7 Å². The van der Waals surface area contributed by atoms with Crippen LogP contribution in [0.1, 0.15) is 68.8 Å². The lowest BCUT2D eigenvalue weighted by Crippen LogP contribution is -2.52. The first kappa shape index (κ1) is 33.0. The van der Waals surface area contributed by atoms with Crippen LogP contribution in [0.4, 0.5) is 4.79 Å². The van der Waals surface area contributed by atoms with E-state index in [1.54, 1.807) is 21.9 Å². The van der Waals surface area contributed by atoms with E-state index in [1.165, 1.54) is 10.7 Å². The number of nitrogens with zero attached hydrogens (tertiary/aromatic N) is 4. The van der Waals surface area contributed by atoms with Crippen molar-refractivity contribution in [2.45, 2.75) is 64.3 Å². The molecule has 2 aromatic rings. The Labute approximate surface area is 268 Å². The highest BCUT2D eigenvalue weighted by molar-refractivity contribution is 5.95. The van der Waals surface area contributed by atoms with Crippen LogP contribution in [0.25, 0.3) is 5.69 Å². The molecule has 3 fully saturated rings. The summed E-state index contributed by atoms with van der Waals surface area (Å²) in [7, 11) is 0. The lowest BCUT2D eigenvalue weighted by atomic mass is 9.88. The van der Waals surface area contributed by atoms with Gasteiger partial charge in [0.05, 0.1) is 18.8 Å². The number of amides is 4. The van der Waals surface area contributed by atoms with Crippen LogP contribution in [0, 0.1) is 11.8 Å². The summed E-state index contributed by atoms with van der Waals surface area (Å²) in [6.07, 6.45) is 6.59. The normalized spacial score (nSPS) is 19.7. The van der Waals surface area contributed by atoms with Gasteiger partial charge in [-0.3, -0.25) is 19.2 Å². The van der Waals surface area contributed by atoms with E-state index in [0.717, 1.165) is 38.5 Å². The molecule has 1 aromatic heterocycles. The van der Waals surface area contributed by atoms with E-state index in [9.17, 15) is 24.0 Å². The summed E-state index contributed by atoms with van der Waals surface area (Å²) in [5.74, 6) is -1.60. The van der Waals surface area contributed by atoms with Gasteiger partial charge in [-0.25, -0.2) is 9.48 Å². The maximum atomic E-state index is 13.3. The van der Waals surface area contributed by atoms with E-state index >= 15 is 0 Å². The minimum absolute atomic E-state index is 0.0253. The summed E-state index contributed by atoms with van der Waals surface area (Å²) in [5.41, 5.74) is 0.655. The number of carbonyl (C=O) groups is 5. The van der Waals surface area contributed by atoms with Gasteiger partial charge < -0.3 is 29.9 Å². The van der Waals surface area contributed by atoms with E-state index < -0.39 is 11.8 Å². The van der Waals surface area contributed by atoms with Gasteiger partial charge in [0, 0.05) is 50.1 Å². The van der Waals surface area contributed by atoms with Crippen LogP contribution in [0.2, 0.25) is 0 Å². The molecule has 1 aromatic carbocycles. The molecule has 5 rings (SSSR count). The number of carbonyl (C=O) groups excluding carboxylic acids is 5. The molecular formula is C33H44N6O7. The molecule has 0 bridgehead atoms. The number of para-hydroxylation sites is 1. The molecule has 1 saturated heterocycles. The Hall–Kier alpha value is -4.42. The van der Waals surface area contributed by atoms with Gasteiger partial charge in [-0.05, 0) is 50.7 Å². The van der Waals surface area contributed by atoms with Crippen molar-refractivity contribution < 1.29 is 33.4 Å². The number of Topliss-reactive ketones (excluding diaryl/α,β-unsaturated/α-hetero) is 1. The molecule has 3 aliphatic rings. The number of ether oxygens (including phenoxy) is 2. The molecule has 0 spiro atoms. The quantitative estimate of drug-likeness (QED) is 0.319. The highest BCUT2D eigenvalue weighted by Gasteiger charge is 2.39. The average Bonchev–Trinajstić information content (AvgIpc) is 3.73. The van der Waals surface area contributed by atoms with Crippen molar-refractivity contribution >= 4 is 29.6 Å². The number of hydrogen-bond acceptors (Lipinski definition) is 8.